The molecule has 0 aliphatic carbocycles. The summed E-state index contributed by atoms with van der Waals surface area (Å²) in [5, 5.41) is 18.1. The number of benzene rings is 2. The third kappa shape index (κ3) is 3.28. The molecule has 35 heavy (non-hydrogen) atoms. The average Bonchev–Trinajstić information content (AvgIpc) is 3.43. The molecule has 3 N–H and O–H groups in total. The van der Waals surface area contributed by atoms with Crippen LogP contribution in [0.1, 0.15) is 34.7 Å². The van der Waals surface area contributed by atoms with E-state index in [0.717, 1.165) is 46.3 Å². The third-order valence-corrected chi connectivity index (χ3v) is 6.98. The van der Waals surface area contributed by atoms with E-state index in [-0.39, 0.29) is 18.3 Å². The van der Waals surface area contributed by atoms with Gasteiger partial charge in [-0.3, -0.25) is 9.89 Å². The number of nitrogens with one attached hydrogen (secondary N) is 1. The zero-order valence-corrected chi connectivity index (χ0v) is 19.3. The number of hydrogen-bond acceptors (Lipinski definition) is 5. The van der Waals surface area contributed by atoms with Crippen molar-refractivity contribution in [2.45, 2.75) is 32.2 Å². The molecule has 1 amide bonds. The molecule has 6 rings (SSSR count). The van der Waals surface area contributed by atoms with Crippen molar-refractivity contribution >= 4 is 22.5 Å². The molecule has 2 aromatic heterocycles. The normalized spacial score (nSPS) is 17.0. The fourth-order valence-electron chi connectivity index (χ4n) is 5.37. The van der Waals surface area contributed by atoms with Crippen molar-refractivity contribution in [2.24, 2.45) is 5.73 Å². The van der Waals surface area contributed by atoms with E-state index in [4.69, 9.17) is 10.5 Å². The van der Waals surface area contributed by atoms with Gasteiger partial charge in [-0.15, -0.1) is 5.10 Å². The monoisotopic (exact) mass is 464 g/mol. The summed E-state index contributed by atoms with van der Waals surface area (Å²) in [5.41, 5.74) is 12.1. The van der Waals surface area contributed by atoms with Crippen LogP contribution in [-0.4, -0.2) is 27.2 Å². The van der Waals surface area contributed by atoms with Gasteiger partial charge in [0.25, 0.3) is 0 Å². The number of amides is 1. The highest BCUT2D eigenvalue weighted by atomic mass is 16.5. The first kappa shape index (κ1) is 21.1. The van der Waals surface area contributed by atoms with Crippen molar-refractivity contribution in [1.29, 1.82) is 5.26 Å². The van der Waals surface area contributed by atoms with Crippen molar-refractivity contribution in [3.63, 3.8) is 0 Å². The average molecular weight is 465 g/mol. The largest absolute Gasteiger partial charge is 0.420 e. The number of allylic oxidation sites excluding steroid dienone is 1. The number of para-hydroxylation sites is 2. The number of carbonyl (C=O) groups excluding carboxylic acids is 1. The molecule has 1 unspecified atom stereocenters. The van der Waals surface area contributed by atoms with Gasteiger partial charge in [0.1, 0.15) is 18.2 Å². The van der Waals surface area contributed by atoms with Gasteiger partial charge >= 0.3 is 0 Å². The molecule has 0 saturated carbocycles. The van der Waals surface area contributed by atoms with Crippen LogP contribution in [0.5, 0.6) is 5.88 Å². The van der Waals surface area contributed by atoms with E-state index in [0.29, 0.717) is 18.0 Å². The number of nitrogens with two attached hydrogens (primary N) is 1. The Morgan fingerprint density at radius 2 is 2.06 bits per heavy atom. The summed E-state index contributed by atoms with van der Waals surface area (Å²) in [6.45, 7) is 2.79. The van der Waals surface area contributed by atoms with Crippen molar-refractivity contribution in [1.82, 2.24) is 14.8 Å². The molecule has 0 radical (unpaired) electrons. The molecule has 0 bridgehead atoms. The first-order valence-corrected chi connectivity index (χ1v) is 11.6. The number of nitrogens with zero attached hydrogens (tertiary/aromatic N) is 4. The van der Waals surface area contributed by atoms with E-state index in [1.54, 1.807) is 0 Å². The van der Waals surface area contributed by atoms with Gasteiger partial charge in [-0.25, -0.2) is 0 Å². The number of H-pyrrole nitrogens is 1. The van der Waals surface area contributed by atoms with Gasteiger partial charge in [0.15, 0.2) is 0 Å². The summed E-state index contributed by atoms with van der Waals surface area (Å²) in [4.78, 5) is 15.4. The number of nitriles is 1. The highest BCUT2D eigenvalue weighted by Crippen LogP contribution is 2.45. The highest BCUT2D eigenvalue weighted by molar-refractivity contribution is 5.96. The molecule has 0 fully saturated rings. The smallest absolute Gasteiger partial charge is 0.246 e. The van der Waals surface area contributed by atoms with Crippen LogP contribution in [0.25, 0.3) is 10.9 Å². The van der Waals surface area contributed by atoms with E-state index in [9.17, 15) is 10.1 Å². The van der Waals surface area contributed by atoms with Crippen molar-refractivity contribution < 1.29 is 9.53 Å². The maximum atomic E-state index is 13.5. The van der Waals surface area contributed by atoms with Gasteiger partial charge in [0.2, 0.25) is 17.7 Å². The van der Waals surface area contributed by atoms with Crippen LogP contribution >= 0.6 is 0 Å². The fourth-order valence-corrected chi connectivity index (χ4v) is 5.37. The maximum Gasteiger partial charge on any atom is 0.246 e. The minimum Gasteiger partial charge on any atom is -0.420 e. The lowest BCUT2D eigenvalue weighted by Gasteiger charge is -2.29. The fraction of sp³-hybridized carbons (Fsp3) is 0.222. The molecule has 2 aliphatic heterocycles. The molecule has 8 heteroatoms. The second-order valence-electron chi connectivity index (χ2n) is 9.00. The van der Waals surface area contributed by atoms with Crippen molar-refractivity contribution in [2.75, 3.05) is 11.4 Å². The van der Waals surface area contributed by atoms with Gasteiger partial charge in [0, 0.05) is 40.6 Å². The zero-order chi connectivity index (χ0) is 24.1. The molecular weight excluding hydrogens is 440 g/mol. The van der Waals surface area contributed by atoms with Crippen LogP contribution in [-0.2, 0) is 17.8 Å². The number of anilines is 1. The van der Waals surface area contributed by atoms with Crippen LogP contribution < -0.4 is 15.4 Å². The molecule has 0 spiro atoms. The molecule has 2 aromatic carbocycles. The first-order valence-electron chi connectivity index (χ1n) is 11.6. The van der Waals surface area contributed by atoms with Gasteiger partial charge in [-0.05, 0) is 43.0 Å². The second kappa shape index (κ2) is 8.06. The number of aryl methyl sites for hydroxylation is 2. The molecule has 4 aromatic rings. The first-order chi connectivity index (χ1) is 17.1. The Hall–Kier alpha value is -4.51. The van der Waals surface area contributed by atoms with E-state index in [1.807, 2.05) is 65.1 Å². The number of aromatic amines is 1. The summed E-state index contributed by atoms with van der Waals surface area (Å²) < 4.78 is 7.60. The van der Waals surface area contributed by atoms with Gasteiger partial charge in [-0.2, -0.15) is 5.26 Å². The summed E-state index contributed by atoms with van der Waals surface area (Å²) in [5.74, 6) is 0.0165. The summed E-state index contributed by atoms with van der Waals surface area (Å²) >= 11 is 0. The number of carbonyl (C=O) groups is 1. The van der Waals surface area contributed by atoms with Crippen LogP contribution in [0.2, 0.25) is 0 Å². The van der Waals surface area contributed by atoms with E-state index in [2.05, 4.69) is 22.3 Å². The Morgan fingerprint density at radius 3 is 2.91 bits per heavy atom. The lowest BCUT2D eigenvalue weighted by molar-refractivity contribution is -0.119. The minimum atomic E-state index is -0.445. The third-order valence-electron chi connectivity index (χ3n) is 6.98. The summed E-state index contributed by atoms with van der Waals surface area (Å²) in [6, 6.07) is 18.3. The van der Waals surface area contributed by atoms with Gasteiger partial charge in [0.05, 0.1) is 5.92 Å². The number of fused-ring (bicyclic) bond motifs is 3. The van der Waals surface area contributed by atoms with Crippen molar-refractivity contribution in [3.8, 4) is 11.9 Å². The van der Waals surface area contributed by atoms with Gasteiger partial charge < -0.3 is 19.9 Å². The quantitative estimate of drug-likeness (QED) is 0.478. The van der Waals surface area contributed by atoms with E-state index >= 15 is 0 Å². The molecule has 8 nitrogen and oxygen atoms in total. The molecule has 4 heterocycles. The van der Waals surface area contributed by atoms with E-state index in [1.165, 1.54) is 5.56 Å². The lowest BCUT2D eigenvalue weighted by Crippen LogP contribution is -2.37. The maximum absolute atomic E-state index is 13.5. The molecule has 2 aliphatic rings. The number of rotatable bonds is 3. The topological polar surface area (TPSA) is 113 Å². The Bertz CT molecular complexity index is 1550. The second-order valence-corrected chi connectivity index (χ2v) is 9.00. The Morgan fingerprint density at radius 1 is 1.26 bits per heavy atom. The predicted molar refractivity (Wildman–Crippen MR) is 132 cm³/mol. The zero-order valence-electron chi connectivity index (χ0n) is 19.3. The number of hydrogen-bond donors (Lipinski definition) is 2. The Labute approximate surface area is 202 Å². The van der Waals surface area contributed by atoms with Gasteiger partial charge in [-0.1, -0.05) is 36.4 Å². The summed E-state index contributed by atoms with van der Waals surface area (Å²) in [6.07, 6.45) is 3.90. The number of ether oxygens (including phenoxy) is 1. The Balaban J connectivity index is 1.45. The lowest BCUT2D eigenvalue weighted by atomic mass is 9.84. The van der Waals surface area contributed by atoms with Crippen LogP contribution in [0.4, 0.5) is 5.69 Å². The highest BCUT2D eigenvalue weighted by Gasteiger charge is 2.36. The predicted octanol–water partition coefficient (Wildman–Crippen LogP) is 3.87. The van der Waals surface area contributed by atoms with Crippen LogP contribution in [0, 0.1) is 18.3 Å². The van der Waals surface area contributed by atoms with Crippen LogP contribution in [0.3, 0.4) is 0 Å². The van der Waals surface area contributed by atoms with Crippen LogP contribution in [0.15, 0.2) is 66.2 Å². The Kier molecular flexibility index (Phi) is 4.85. The SMILES string of the molecule is Cc1[nH]nc2c1C(c1cn(CC(=O)N3CCCc4ccccc43)c3ccccc13)C(C#N)=C(N)O2. The van der Waals surface area contributed by atoms with E-state index < -0.39 is 5.92 Å². The molecule has 174 valence electrons. The standard InChI is InChI=1S/C27H24N6O2/c1-16-24-25(19(13-28)26(29)35-27(24)31-30-16)20-14-32(22-11-5-3-9-18(20)22)15-23(34)33-12-6-8-17-7-2-4-10-21(17)33/h2-5,7,9-11,14,25H,6,8,12,15,29H2,1H3,(H,30,31). The summed E-state index contributed by atoms with van der Waals surface area (Å²) in [7, 11) is 0. The molecular formula is C27H24N6O2. The number of aromatic nitrogens is 3. The molecule has 1 atom stereocenters. The van der Waals surface area contributed by atoms with Crippen molar-refractivity contribution in [3.05, 3.63) is 88.6 Å². The molecule has 0 saturated heterocycles. The minimum absolute atomic E-state index is 0.0344.